The molecule has 0 aliphatic rings. The van der Waals surface area contributed by atoms with Crippen molar-refractivity contribution in [2.75, 3.05) is 13.2 Å². The number of hydrogen-bond acceptors (Lipinski definition) is 4. The predicted molar refractivity (Wildman–Crippen MR) is 88.8 cm³/mol. The van der Waals surface area contributed by atoms with Crippen molar-refractivity contribution in [3.63, 3.8) is 0 Å². The van der Waals surface area contributed by atoms with Crippen LogP contribution in [-0.2, 0) is 20.9 Å². The van der Waals surface area contributed by atoms with Gasteiger partial charge in [0.1, 0.15) is 13.2 Å². The number of esters is 1. The molecular weight excluding hydrogens is 294 g/mol. The topological polar surface area (TPSA) is 64.6 Å². The summed E-state index contributed by atoms with van der Waals surface area (Å²) in [4.78, 5) is 23.3. The van der Waals surface area contributed by atoms with Crippen molar-refractivity contribution in [1.29, 1.82) is 0 Å². The summed E-state index contributed by atoms with van der Waals surface area (Å²) in [5, 5.41) is 2.69. The van der Waals surface area contributed by atoms with Gasteiger partial charge in [0.2, 0.25) is 0 Å². The van der Waals surface area contributed by atoms with Crippen LogP contribution in [0.2, 0.25) is 0 Å². The number of hydrogen-bond donors (Lipinski definition) is 1. The first-order chi connectivity index (χ1) is 11.2. The molecule has 0 bridgehead atoms. The van der Waals surface area contributed by atoms with E-state index in [4.69, 9.17) is 9.47 Å². The molecule has 0 spiro atoms. The fourth-order valence-electron chi connectivity index (χ4n) is 2.06. The lowest BCUT2D eigenvalue weighted by Crippen LogP contribution is -2.26. The first-order valence-electron chi connectivity index (χ1n) is 7.89. The van der Waals surface area contributed by atoms with Gasteiger partial charge in [0.15, 0.2) is 0 Å². The van der Waals surface area contributed by atoms with Crippen LogP contribution in [-0.4, -0.2) is 25.2 Å². The Morgan fingerprint density at radius 3 is 2.65 bits per heavy atom. The van der Waals surface area contributed by atoms with Gasteiger partial charge in [-0.3, -0.25) is 4.79 Å². The van der Waals surface area contributed by atoms with E-state index < -0.39 is 6.09 Å². The van der Waals surface area contributed by atoms with Crippen LogP contribution in [0.1, 0.15) is 31.7 Å². The molecule has 1 unspecified atom stereocenters. The molecule has 0 aliphatic heterocycles. The fraction of sp³-hybridized carbons (Fsp3) is 0.444. The number of rotatable bonds is 10. The summed E-state index contributed by atoms with van der Waals surface area (Å²) in [5.74, 6) is -0.351. The second-order valence-corrected chi connectivity index (χ2v) is 5.15. The van der Waals surface area contributed by atoms with Gasteiger partial charge in [0, 0.05) is 6.54 Å². The smallest absolute Gasteiger partial charge is 0.407 e. The molecule has 1 N–H and O–H groups in total. The Balaban J connectivity index is 2.16. The van der Waals surface area contributed by atoms with Crippen molar-refractivity contribution in [2.24, 2.45) is 5.92 Å². The van der Waals surface area contributed by atoms with Crippen molar-refractivity contribution >= 4 is 12.1 Å². The molecule has 5 nitrogen and oxygen atoms in total. The highest BCUT2D eigenvalue weighted by Gasteiger charge is 2.17. The molecule has 1 aromatic carbocycles. The Morgan fingerprint density at radius 2 is 2.00 bits per heavy atom. The fourth-order valence-corrected chi connectivity index (χ4v) is 2.06. The molecule has 1 amide bonds. The van der Waals surface area contributed by atoms with Crippen LogP contribution in [0.4, 0.5) is 4.79 Å². The van der Waals surface area contributed by atoms with Crippen molar-refractivity contribution in [1.82, 2.24) is 5.32 Å². The van der Waals surface area contributed by atoms with Crippen molar-refractivity contribution in [3.05, 3.63) is 48.6 Å². The lowest BCUT2D eigenvalue weighted by Gasteiger charge is -2.13. The largest absolute Gasteiger partial charge is 0.461 e. The molecule has 0 saturated heterocycles. The Labute approximate surface area is 137 Å². The maximum absolute atomic E-state index is 11.7. The second kappa shape index (κ2) is 11.3. The highest BCUT2D eigenvalue weighted by atomic mass is 16.5. The lowest BCUT2D eigenvalue weighted by molar-refractivity contribution is -0.147. The Hall–Kier alpha value is -2.30. The molecular formula is C18H25NO4. The number of carbonyl (C=O) groups is 2. The highest BCUT2D eigenvalue weighted by molar-refractivity contribution is 5.72. The summed E-state index contributed by atoms with van der Waals surface area (Å²) in [7, 11) is 0. The molecule has 0 aromatic heterocycles. The van der Waals surface area contributed by atoms with Crippen LogP contribution in [0.3, 0.4) is 0 Å². The van der Waals surface area contributed by atoms with E-state index in [-0.39, 0.29) is 25.1 Å². The van der Waals surface area contributed by atoms with Gasteiger partial charge < -0.3 is 14.8 Å². The Morgan fingerprint density at radius 1 is 1.26 bits per heavy atom. The molecule has 1 rings (SSSR count). The van der Waals surface area contributed by atoms with E-state index in [0.29, 0.717) is 25.8 Å². The maximum atomic E-state index is 11.7. The molecule has 5 heteroatoms. The second-order valence-electron chi connectivity index (χ2n) is 5.15. The van der Waals surface area contributed by atoms with E-state index >= 15 is 0 Å². The van der Waals surface area contributed by atoms with Crippen molar-refractivity contribution < 1.29 is 19.1 Å². The zero-order chi connectivity index (χ0) is 16.9. The average Bonchev–Trinajstić information content (AvgIpc) is 2.58. The van der Waals surface area contributed by atoms with E-state index in [1.807, 2.05) is 37.3 Å². The van der Waals surface area contributed by atoms with Gasteiger partial charge in [-0.25, -0.2) is 4.79 Å². The summed E-state index contributed by atoms with van der Waals surface area (Å²) in [6.45, 7) is 6.41. The molecule has 0 radical (unpaired) electrons. The SMILES string of the molecule is C=CCOC(=O)C(CC)CCCNC(=O)OCc1ccccc1. The van der Waals surface area contributed by atoms with Crippen molar-refractivity contribution in [2.45, 2.75) is 32.8 Å². The average molecular weight is 319 g/mol. The standard InChI is InChI=1S/C18H25NO4/c1-3-13-22-17(20)16(4-2)11-8-12-19-18(21)23-14-15-9-6-5-7-10-15/h3,5-7,9-10,16H,1,4,8,11-14H2,2H3,(H,19,21). The van der Waals surface area contributed by atoms with Gasteiger partial charge >= 0.3 is 12.1 Å². The number of amides is 1. The number of carbonyl (C=O) groups excluding carboxylic acids is 2. The molecule has 1 atom stereocenters. The maximum Gasteiger partial charge on any atom is 0.407 e. The molecule has 1 aromatic rings. The summed E-state index contributed by atoms with van der Waals surface area (Å²) < 4.78 is 10.2. The third-order valence-electron chi connectivity index (χ3n) is 3.38. The minimum absolute atomic E-state index is 0.142. The normalized spacial score (nSPS) is 11.3. The summed E-state index contributed by atoms with van der Waals surface area (Å²) in [6, 6.07) is 9.50. The van der Waals surface area contributed by atoms with Crippen LogP contribution >= 0.6 is 0 Å². The summed E-state index contributed by atoms with van der Waals surface area (Å²) in [5.41, 5.74) is 0.943. The van der Waals surface area contributed by atoms with Crippen LogP contribution in [0, 0.1) is 5.92 Å². The first-order valence-corrected chi connectivity index (χ1v) is 7.89. The van der Waals surface area contributed by atoms with Gasteiger partial charge in [0.25, 0.3) is 0 Å². The van der Waals surface area contributed by atoms with Crippen LogP contribution in [0.25, 0.3) is 0 Å². The predicted octanol–water partition coefficient (Wildman–Crippen LogP) is 3.45. The highest BCUT2D eigenvalue weighted by Crippen LogP contribution is 2.12. The van der Waals surface area contributed by atoms with Gasteiger partial charge in [-0.2, -0.15) is 0 Å². The van der Waals surface area contributed by atoms with Crippen LogP contribution < -0.4 is 5.32 Å². The van der Waals surface area contributed by atoms with Crippen molar-refractivity contribution in [3.8, 4) is 0 Å². The van der Waals surface area contributed by atoms with Crippen LogP contribution in [0.5, 0.6) is 0 Å². The molecule has 0 fully saturated rings. The summed E-state index contributed by atoms with van der Waals surface area (Å²) in [6.07, 6.45) is 3.19. The van der Waals surface area contributed by atoms with Gasteiger partial charge in [0.05, 0.1) is 5.92 Å². The molecule has 0 aliphatic carbocycles. The van der Waals surface area contributed by atoms with E-state index in [9.17, 15) is 9.59 Å². The lowest BCUT2D eigenvalue weighted by atomic mass is 10.0. The third-order valence-corrected chi connectivity index (χ3v) is 3.38. The zero-order valence-electron chi connectivity index (χ0n) is 13.6. The Bertz CT molecular complexity index is 487. The third kappa shape index (κ3) is 8.04. The van der Waals surface area contributed by atoms with Gasteiger partial charge in [-0.05, 0) is 24.8 Å². The molecule has 0 heterocycles. The zero-order valence-corrected chi connectivity index (χ0v) is 13.6. The van der Waals surface area contributed by atoms with Crippen LogP contribution in [0.15, 0.2) is 43.0 Å². The number of alkyl carbamates (subject to hydrolysis) is 1. The van der Waals surface area contributed by atoms with E-state index in [1.54, 1.807) is 6.08 Å². The minimum Gasteiger partial charge on any atom is -0.461 e. The van der Waals surface area contributed by atoms with Gasteiger partial charge in [-0.15, -0.1) is 0 Å². The van der Waals surface area contributed by atoms with Gasteiger partial charge in [-0.1, -0.05) is 49.9 Å². The molecule has 126 valence electrons. The number of nitrogens with one attached hydrogen (secondary N) is 1. The quantitative estimate of drug-likeness (QED) is 0.407. The Kier molecular flexibility index (Phi) is 9.20. The summed E-state index contributed by atoms with van der Waals surface area (Å²) >= 11 is 0. The first kappa shape index (κ1) is 18.7. The number of benzene rings is 1. The monoisotopic (exact) mass is 319 g/mol. The minimum atomic E-state index is -0.448. The number of ether oxygens (including phenoxy) is 2. The van der Waals surface area contributed by atoms with E-state index in [0.717, 1.165) is 5.56 Å². The van der Waals surface area contributed by atoms with E-state index in [2.05, 4.69) is 11.9 Å². The molecule has 0 saturated carbocycles. The molecule has 23 heavy (non-hydrogen) atoms. The van der Waals surface area contributed by atoms with E-state index in [1.165, 1.54) is 0 Å².